The van der Waals surface area contributed by atoms with Gasteiger partial charge in [0.1, 0.15) is 0 Å². The Morgan fingerprint density at radius 2 is 2.10 bits per heavy atom. The lowest BCUT2D eigenvalue weighted by molar-refractivity contribution is 0.496. The van der Waals surface area contributed by atoms with E-state index < -0.39 is 0 Å². The number of nitrogens with zero attached hydrogens (tertiary/aromatic N) is 3. The first kappa shape index (κ1) is 13.4. The number of aryl methyl sites for hydroxylation is 1. The zero-order valence-corrected chi connectivity index (χ0v) is 12.2. The van der Waals surface area contributed by atoms with Gasteiger partial charge in [-0.15, -0.1) is 5.10 Å². The lowest BCUT2D eigenvalue weighted by atomic mass is 10.1. The molecule has 3 rings (SSSR count). The molecule has 0 amide bonds. The monoisotopic (exact) mass is 291 g/mol. The summed E-state index contributed by atoms with van der Waals surface area (Å²) >= 11 is 6.04. The maximum absolute atomic E-state index is 6.04. The van der Waals surface area contributed by atoms with Gasteiger partial charge in [-0.1, -0.05) is 11.6 Å². The van der Waals surface area contributed by atoms with Gasteiger partial charge in [0.05, 0.1) is 0 Å². The molecule has 20 heavy (non-hydrogen) atoms. The zero-order valence-electron chi connectivity index (χ0n) is 11.4. The van der Waals surface area contributed by atoms with E-state index in [0.29, 0.717) is 6.04 Å². The summed E-state index contributed by atoms with van der Waals surface area (Å²) in [5.74, 6) is 1.52. The predicted molar refractivity (Wildman–Crippen MR) is 81.0 cm³/mol. The molecular formula is C14H18ClN5. The van der Waals surface area contributed by atoms with Crippen LogP contribution in [0.5, 0.6) is 0 Å². The molecule has 1 aliphatic rings. The Kier molecular flexibility index (Phi) is 3.63. The summed E-state index contributed by atoms with van der Waals surface area (Å²) in [6, 6.07) is 6.15. The molecular weight excluding hydrogens is 274 g/mol. The van der Waals surface area contributed by atoms with Gasteiger partial charge in [-0.25, -0.2) is 0 Å². The molecule has 2 heterocycles. The standard InChI is InChI=1S/C14H18ClN5/c1-9-8-10(2-3-12(9)15)13-17-14(19-18-13)20-6-4-11(16)5-7-20/h2-3,8,11H,4-7,16H2,1H3,(H,17,18,19). The molecule has 106 valence electrons. The van der Waals surface area contributed by atoms with Crippen molar-refractivity contribution >= 4 is 17.5 Å². The van der Waals surface area contributed by atoms with Crippen molar-refractivity contribution in [3.63, 3.8) is 0 Å². The number of benzene rings is 1. The van der Waals surface area contributed by atoms with Crippen molar-refractivity contribution < 1.29 is 0 Å². The number of rotatable bonds is 2. The molecule has 2 aromatic rings. The highest BCUT2D eigenvalue weighted by Crippen LogP contribution is 2.24. The number of H-pyrrole nitrogens is 1. The van der Waals surface area contributed by atoms with Crippen LogP contribution in [0.2, 0.25) is 5.02 Å². The second-order valence-electron chi connectivity index (χ2n) is 5.27. The summed E-state index contributed by atoms with van der Waals surface area (Å²) < 4.78 is 0. The van der Waals surface area contributed by atoms with Crippen molar-refractivity contribution in [1.29, 1.82) is 0 Å². The van der Waals surface area contributed by atoms with E-state index in [2.05, 4.69) is 20.1 Å². The summed E-state index contributed by atoms with van der Waals surface area (Å²) in [6.07, 6.45) is 1.98. The molecule has 1 fully saturated rings. The lowest BCUT2D eigenvalue weighted by Gasteiger charge is -2.28. The number of hydrogen-bond acceptors (Lipinski definition) is 4. The van der Waals surface area contributed by atoms with Gasteiger partial charge < -0.3 is 10.6 Å². The number of aromatic nitrogens is 3. The fourth-order valence-corrected chi connectivity index (χ4v) is 2.53. The van der Waals surface area contributed by atoms with Gasteiger partial charge in [0.25, 0.3) is 0 Å². The van der Waals surface area contributed by atoms with Crippen molar-refractivity contribution in [2.75, 3.05) is 18.0 Å². The van der Waals surface area contributed by atoms with Gasteiger partial charge in [0, 0.05) is 29.7 Å². The second-order valence-corrected chi connectivity index (χ2v) is 5.68. The second kappa shape index (κ2) is 5.42. The highest BCUT2D eigenvalue weighted by Gasteiger charge is 2.19. The molecule has 0 saturated carbocycles. The largest absolute Gasteiger partial charge is 0.339 e. The van der Waals surface area contributed by atoms with E-state index in [9.17, 15) is 0 Å². The number of hydrogen-bond donors (Lipinski definition) is 2. The smallest absolute Gasteiger partial charge is 0.245 e. The highest BCUT2D eigenvalue weighted by molar-refractivity contribution is 6.31. The molecule has 1 aliphatic heterocycles. The molecule has 0 atom stereocenters. The Balaban J connectivity index is 1.81. The van der Waals surface area contributed by atoms with E-state index in [0.717, 1.165) is 53.9 Å². The van der Waals surface area contributed by atoms with Crippen LogP contribution in [0, 0.1) is 6.92 Å². The minimum absolute atomic E-state index is 0.309. The summed E-state index contributed by atoms with van der Waals surface area (Å²) in [4.78, 5) is 6.75. The van der Waals surface area contributed by atoms with Gasteiger partial charge in [0.2, 0.25) is 5.95 Å². The SMILES string of the molecule is Cc1cc(-c2nc(N3CCC(N)CC3)n[nH]2)ccc1Cl. The first-order valence-corrected chi connectivity index (χ1v) is 7.21. The number of piperidine rings is 1. The van der Waals surface area contributed by atoms with E-state index in [1.54, 1.807) is 0 Å². The van der Waals surface area contributed by atoms with E-state index in [1.807, 2.05) is 25.1 Å². The van der Waals surface area contributed by atoms with Crippen LogP contribution in [-0.4, -0.2) is 34.3 Å². The van der Waals surface area contributed by atoms with Crippen LogP contribution in [0.3, 0.4) is 0 Å². The van der Waals surface area contributed by atoms with Gasteiger partial charge in [-0.05, 0) is 43.5 Å². The molecule has 1 aromatic heterocycles. The number of nitrogens with two attached hydrogens (primary N) is 1. The van der Waals surface area contributed by atoms with E-state index in [4.69, 9.17) is 17.3 Å². The van der Waals surface area contributed by atoms with Gasteiger partial charge in [-0.3, -0.25) is 5.10 Å². The molecule has 3 N–H and O–H groups in total. The summed E-state index contributed by atoms with van der Waals surface area (Å²) in [6.45, 7) is 3.81. The molecule has 6 heteroatoms. The van der Waals surface area contributed by atoms with Crippen molar-refractivity contribution in [3.8, 4) is 11.4 Å². The predicted octanol–water partition coefficient (Wildman–Crippen LogP) is 2.36. The van der Waals surface area contributed by atoms with E-state index >= 15 is 0 Å². The molecule has 1 aromatic carbocycles. The van der Waals surface area contributed by atoms with Crippen LogP contribution in [0.4, 0.5) is 5.95 Å². The van der Waals surface area contributed by atoms with Crippen LogP contribution in [0.25, 0.3) is 11.4 Å². The van der Waals surface area contributed by atoms with E-state index in [1.165, 1.54) is 0 Å². The third-order valence-electron chi connectivity index (χ3n) is 3.73. The van der Waals surface area contributed by atoms with Crippen LogP contribution < -0.4 is 10.6 Å². The van der Waals surface area contributed by atoms with Gasteiger partial charge in [0.15, 0.2) is 5.82 Å². The van der Waals surface area contributed by atoms with Gasteiger partial charge >= 0.3 is 0 Å². The zero-order chi connectivity index (χ0) is 14.1. The Morgan fingerprint density at radius 3 is 2.80 bits per heavy atom. The summed E-state index contributed by atoms with van der Waals surface area (Å²) in [5, 5.41) is 8.07. The molecule has 5 nitrogen and oxygen atoms in total. The Labute approximate surface area is 123 Å². The van der Waals surface area contributed by atoms with E-state index in [-0.39, 0.29) is 0 Å². The van der Waals surface area contributed by atoms with Gasteiger partial charge in [-0.2, -0.15) is 4.98 Å². The fourth-order valence-electron chi connectivity index (χ4n) is 2.41. The molecule has 1 saturated heterocycles. The highest BCUT2D eigenvalue weighted by atomic mass is 35.5. The maximum Gasteiger partial charge on any atom is 0.245 e. The molecule has 0 unspecified atom stereocenters. The molecule has 0 bridgehead atoms. The fraction of sp³-hybridized carbons (Fsp3) is 0.429. The van der Waals surface area contributed by atoms with Crippen LogP contribution in [0.1, 0.15) is 18.4 Å². The normalized spacial score (nSPS) is 16.6. The lowest BCUT2D eigenvalue weighted by Crippen LogP contribution is -2.40. The topological polar surface area (TPSA) is 70.8 Å². The first-order valence-electron chi connectivity index (χ1n) is 6.83. The number of halogens is 1. The Bertz CT molecular complexity index is 601. The maximum atomic E-state index is 6.04. The summed E-state index contributed by atoms with van der Waals surface area (Å²) in [7, 11) is 0. The van der Waals surface area contributed by atoms with Crippen molar-refractivity contribution in [3.05, 3.63) is 28.8 Å². The van der Waals surface area contributed by atoms with Crippen LogP contribution >= 0.6 is 11.6 Å². The van der Waals surface area contributed by atoms with Crippen LogP contribution in [-0.2, 0) is 0 Å². The minimum atomic E-state index is 0.309. The number of aromatic amines is 1. The Morgan fingerprint density at radius 1 is 1.35 bits per heavy atom. The quantitative estimate of drug-likeness (QED) is 0.891. The number of nitrogens with one attached hydrogen (secondary N) is 1. The average Bonchev–Trinajstić information content (AvgIpc) is 2.92. The molecule has 0 spiro atoms. The van der Waals surface area contributed by atoms with Crippen molar-refractivity contribution in [2.24, 2.45) is 5.73 Å². The third-order valence-corrected chi connectivity index (χ3v) is 4.15. The Hall–Kier alpha value is -1.59. The molecule has 0 radical (unpaired) electrons. The minimum Gasteiger partial charge on any atom is -0.339 e. The van der Waals surface area contributed by atoms with Crippen molar-refractivity contribution in [1.82, 2.24) is 15.2 Å². The number of anilines is 1. The van der Waals surface area contributed by atoms with Crippen LogP contribution in [0.15, 0.2) is 18.2 Å². The first-order chi connectivity index (χ1) is 9.63. The molecule has 0 aliphatic carbocycles. The summed E-state index contributed by atoms with van der Waals surface area (Å²) in [5.41, 5.74) is 7.95. The van der Waals surface area contributed by atoms with Crippen molar-refractivity contribution in [2.45, 2.75) is 25.8 Å². The average molecular weight is 292 g/mol. The third kappa shape index (κ3) is 2.64.